The van der Waals surface area contributed by atoms with E-state index in [-0.39, 0.29) is 18.3 Å². The molecule has 1 aliphatic rings. The fraction of sp³-hybridized carbons (Fsp3) is 0.500. The molecule has 1 fully saturated rings. The Morgan fingerprint density at radius 3 is 2.81 bits per heavy atom. The van der Waals surface area contributed by atoms with Gasteiger partial charge in [0.05, 0.1) is 18.3 Å². The van der Waals surface area contributed by atoms with Crippen molar-refractivity contribution in [2.75, 3.05) is 26.8 Å². The van der Waals surface area contributed by atoms with Crippen molar-refractivity contribution in [3.8, 4) is 0 Å². The van der Waals surface area contributed by atoms with Crippen LogP contribution in [0.4, 0.5) is 8.78 Å². The second kappa shape index (κ2) is 9.01. The molecule has 0 saturated carbocycles. The highest BCUT2D eigenvalue weighted by Gasteiger charge is 2.26. The molecule has 0 N–H and O–H groups in total. The number of benzene rings is 1. The standard InChI is InChI=1S/C18H21F2N3O4/c1-25-9-6-16-21-17(27-22-16)11-26-13-4-7-23(8-5-13)18(24)14-3-2-12(19)10-15(14)20/h2-3,10,13H,4-9,11H2,1H3. The van der Waals surface area contributed by atoms with E-state index in [0.717, 1.165) is 6.07 Å². The van der Waals surface area contributed by atoms with E-state index in [4.69, 9.17) is 14.0 Å². The first-order valence-electron chi connectivity index (χ1n) is 8.73. The monoisotopic (exact) mass is 381 g/mol. The van der Waals surface area contributed by atoms with Gasteiger partial charge in [-0.05, 0) is 25.0 Å². The van der Waals surface area contributed by atoms with Gasteiger partial charge < -0.3 is 18.9 Å². The Kier molecular flexibility index (Phi) is 6.46. The number of aromatic nitrogens is 2. The third kappa shape index (κ3) is 5.08. The van der Waals surface area contributed by atoms with Gasteiger partial charge in [-0.15, -0.1) is 0 Å². The maximum absolute atomic E-state index is 13.8. The van der Waals surface area contributed by atoms with E-state index in [0.29, 0.717) is 56.7 Å². The molecule has 1 aliphatic heterocycles. The number of methoxy groups -OCH3 is 1. The maximum Gasteiger partial charge on any atom is 0.256 e. The highest BCUT2D eigenvalue weighted by atomic mass is 19.1. The van der Waals surface area contributed by atoms with Gasteiger partial charge in [0.1, 0.15) is 18.2 Å². The number of hydrogen-bond acceptors (Lipinski definition) is 6. The quantitative estimate of drug-likeness (QED) is 0.733. The lowest BCUT2D eigenvalue weighted by molar-refractivity contribution is -0.00985. The van der Waals surface area contributed by atoms with Crippen molar-refractivity contribution in [3.63, 3.8) is 0 Å². The molecule has 1 saturated heterocycles. The lowest BCUT2D eigenvalue weighted by Crippen LogP contribution is -2.41. The van der Waals surface area contributed by atoms with Crippen molar-refractivity contribution in [1.29, 1.82) is 0 Å². The lowest BCUT2D eigenvalue weighted by Gasteiger charge is -2.31. The van der Waals surface area contributed by atoms with Crippen LogP contribution in [0.15, 0.2) is 22.7 Å². The summed E-state index contributed by atoms with van der Waals surface area (Å²) in [6.07, 6.45) is 1.74. The number of likely N-dealkylation sites (tertiary alicyclic amines) is 1. The summed E-state index contributed by atoms with van der Waals surface area (Å²) in [5.74, 6) is -1.03. The molecule has 0 atom stereocenters. The number of halogens is 2. The second-order valence-electron chi connectivity index (χ2n) is 6.27. The molecule has 0 aliphatic carbocycles. The zero-order valence-electron chi connectivity index (χ0n) is 15.0. The number of carbonyl (C=O) groups excluding carboxylic acids is 1. The summed E-state index contributed by atoms with van der Waals surface area (Å²) in [6, 6.07) is 2.97. The minimum absolute atomic E-state index is 0.0542. The van der Waals surface area contributed by atoms with Gasteiger partial charge in [0.25, 0.3) is 11.8 Å². The topological polar surface area (TPSA) is 77.7 Å². The first kappa shape index (κ1) is 19.4. The van der Waals surface area contributed by atoms with Crippen LogP contribution in [0.3, 0.4) is 0 Å². The Morgan fingerprint density at radius 2 is 2.11 bits per heavy atom. The Balaban J connectivity index is 1.46. The van der Waals surface area contributed by atoms with E-state index in [1.807, 2.05) is 0 Å². The van der Waals surface area contributed by atoms with Gasteiger partial charge in [0, 0.05) is 32.7 Å². The largest absolute Gasteiger partial charge is 0.384 e. The average molecular weight is 381 g/mol. The summed E-state index contributed by atoms with van der Waals surface area (Å²) in [5.41, 5.74) is -0.120. The predicted molar refractivity (Wildman–Crippen MR) is 90.0 cm³/mol. The molecule has 0 radical (unpaired) electrons. The molecular weight excluding hydrogens is 360 g/mol. The molecule has 0 spiro atoms. The zero-order valence-corrected chi connectivity index (χ0v) is 15.0. The minimum Gasteiger partial charge on any atom is -0.384 e. The Hall–Kier alpha value is -2.39. The molecule has 27 heavy (non-hydrogen) atoms. The summed E-state index contributed by atoms with van der Waals surface area (Å²) in [4.78, 5) is 18.1. The molecule has 9 heteroatoms. The smallest absolute Gasteiger partial charge is 0.256 e. The van der Waals surface area contributed by atoms with Gasteiger partial charge in [-0.2, -0.15) is 4.98 Å². The van der Waals surface area contributed by atoms with Crippen molar-refractivity contribution in [2.24, 2.45) is 0 Å². The third-order valence-electron chi connectivity index (χ3n) is 4.37. The van der Waals surface area contributed by atoms with Crippen LogP contribution in [-0.2, 0) is 22.5 Å². The first-order chi connectivity index (χ1) is 13.1. The van der Waals surface area contributed by atoms with E-state index in [9.17, 15) is 13.6 Å². The maximum atomic E-state index is 13.8. The predicted octanol–water partition coefficient (Wildman–Crippen LogP) is 2.36. The molecule has 1 amide bonds. The van der Waals surface area contributed by atoms with Crippen molar-refractivity contribution in [1.82, 2.24) is 15.0 Å². The molecule has 146 valence electrons. The molecule has 1 aromatic carbocycles. The van der Waals surface area contributed by atoms with Gasteiger partial charge in [-0.3, -0.25) is 4.79 Å². The molecule has 2 heterocycles. The number of amides is 1. The highest BCUT2D eigenvalue weighted by Crippen LogP contribution is 2.19. The van der Waals surface area contributed by atoms with Crippen molar-refractivity contribution in [2.45, 2.75) is 32.0 Å². The second-order valence-corrected chi connectivity index (χ2v) is 6.27. The molecule has 0 bridgehead atoms. The average Bonchev–Trinajstić information content (AvgIpc) is 3.12. The highest BCUT2D eigenvalue weighted by molar-refractivity contribution is 5.94. The molecule has 3 rings (SSSR count). The molecular formula is C18H21F2N3O4. The summed E-state index contributed by atoms with van der Waals surface area (Å²) < 4.78 is 42.6. The third-order valence-corrected chi connectivity index (χ3v) is 4.37. The summed E-state index contributed by atoms with van der Waals surface area (Å²) in [5, 5.41) is 3.84. The van der Waals surface area contributed by atoms with Crippen LogP contribution < -0.4 is 0 Å². The number of piperidine rings is 1. The fourth-order valence-electron chi connectivity index (χ4n) is 2.89. The van der Waals surface area contributed by atoms with Gasteiger partial charge >= 0.3 is 0 Å². The molecule has 2 aromatic rings. The SMILES string of the molecule is COCCc1noc(COC2CCN(C(=O)c3ccc(F)cc3F)CC2)n1. The van der Waals surface area contributed by atoms with Crippen LogP contribution in [0.25, 0.3) is 0 Å². The minimum atomic E-state index is -0.848. The van der Waals surface area contributed by atoms with Crippen LogP contribution >= 0.6 is 0 Å². The van der Waals surface area contributed by atoms with E-state index in [1.54, 1.807) is 12.0 Å². The molecule has 0 unspecified atom stereocenters. The summed E-state index contributed by atoms with van der Waals surface area (Å²) in [6.45, 7) is 1.58. The van der Waals surface area contributed by atoms with Crippen LogP contribution in [0, 0.1) is 11.6 Å². The molecule has 1 aromatic heterocycles. The van der Waals surface area contributed by atoms with Crippen LogP contribution in [-0.4, -0.2) is 53.9 Å². The van der Waals surface area contributed by atoms with Crippen LogP contribution in [0.1, 0.15) is 34.9 Å². The summed E-state index contributed by atoms with van der Waals surface area (Å²) in [7, 11) is 1.60. The molecule has 7 nitrogen and oxygen atoms in total. The Bertz CT molecular complexity index is 776. The van der Waals surface area contributed by atoms with Crippen LogP contribution in [0.2, 0.25) is 0 Å². The number of rotatable bonds is 7. The van der Waals surface area contributed by atoms with E-state index < -0.39 is 17.5 Å². The fourth-order valence-corrected chi connectivity index (χ4v) is 2.89. The zero-order chi connectivity index (χ0) is 19.2. The van der Waals surface area contributed by atoms with Gasteiger partial charge in [-0.25, -0.2) is 8.78 Å². The first-order valence-corrected chi connectivity index (χ1v) is 8.73. The van der Waals surface area contributed by atoms with Crippen LogP contribution in [0.5, 0.6) is 0 Å². The van der Waals surface area contributed by atoms with Crippen molar-refractivity contribution in [3.05, 3.63) is 47.1 Å². The lowest BCUT2D eigenvalue weighted by atomic mass is 10.1. The summed E-state index contributed by atoms with van der Waals surface area (Å²) >= 11 is 0. The van der Waals surface area contributed by atoms with Gasteiger partial charge in [0.15, 0.2) is 5.82 Å². The number of nitrogens with zero attached hydrogens (tertiary/aromatic N) is 3. The number of ether oxygens (including phenoxy) is 2. The van der Waals surface area contributed by atoms with Gasteiger partial charge in [-0.1, -0.05) is 5.16 Å². The van der Waals surface area contributed by atoms with Crippen molar-refractivity contribution < 1.29 is 27.6 Å². The normalized spacial score (nSPS) is 15.3. The Labute approximate surface area is 155 Å². The van der Waals surface area contributed by atoms with E-state index in [1.165, 1.54) is 6.07 Å². The van der Waals surface area contributed by atoms with E-state index in [2.05, 4.69) is 10.1 Å². The Morgan fingerprint density at radius 1 is 1.33 bits per heavy atom. The van der Waals surface area contributed by atoms with Crippen molar-refractivity contribution >= 4 is 5.91 Å². The van der Waals surface area contributed by atoms with E-state index >= 15 is 0 Å². The number of hydrogen-bond donors (Lipinski definition) is 0. The number of carbonyl (C=O) groups is 1. The van der Waals surface area contributed by atoms with Gasteiger partial charge in [0.2, 0.25) is 0 Å².